The van der Waals surface area contributed by atoms with E-state index in [4.69, 9.17) is 21.7 Å². The summed E-state index contributed by atoms with van der Waals surface area (Å²) in [4.78, 5) is 24.9. The summed E-state index contributed by atoms with van der Waals surface area (Å²) >= 11 is 8.58. The molecule has 2 amide bonds. The molecule has 0 saturated heterocycles. The third-order valence-electron chi connectivity index (χ3n) is 5.38. The summed E-state index contributed by atoms with van der Waals surface area (Å²) < 4.78 is 12.2. The number of hydrazine groups is 1. The fraction of sp³-hybridized carbons (Fsp3) is 0.296. The second-order valence-corrected chi connectivity index (χ2v) is 9.48. The molecule has 0 bridgehead atoms. The molecule has 36 heavy (non-hydrogen) atoms. The minimum absolute atomic E-state index is 0.0429. The zero-order valence-corrected chi connectivity index (χ0v) is 22.7. The summed E-state index contributed by atoms with van der Waals surface area (Å²) in [5.41, 5.74) is 5.38. The second kappa shape index (κ2) is 13.8. The van der Waals surface area contributed by atoms with Crippen molar-refractivity contribution < 1.29 is 19.1 Å². The molecule has 1 unspecified atom stereocenters. The van der Waals surface area contributed by atoms with Crippen LogP contribution in [-0.2, 0) is 4.79 Å². The first-order valence-corrected chi connectivity index (χ1v) is 13.1. The number of unbranched alkanes of at least 4 members (excludes halogenated alkanes) is 3. The molecule has 0 aliphatic heterocycles. The predicted octanol–water partition coefficient (Wildman–Crippen LogP) is 5.66. The van der Waals surface area contributed by atoms with Crippen molar-refractivity contribution in [2.75, 3.05) is 6.61 Å². The highest BCUT2D eigenvalue weighted by molar-refractivity contribution is 9.10. The molecule has 3 N–H and O–H groups in total. The van der Waals surface area contributed by atoms with Crippen LogP contribution in [0.25, 0.3) is 10.8 Å². The van der Waals surface area contributed by atoms with Gasteiger partial charge in [-0.3, -0.25) is 25.8 Å². The van der Waals surface area contributed by atoms with Crippen LogP contribution in [0.4, 0.5) is 0 Å². The van der Waals surface area contributed by atoms with E-state index < -0.39 is 17.9 Å². The van der Waals surface area contributed by atoms with E-state index in [9.17, 15) is 9.59 Å². The van der Waals surface area contributed by atoms with Crippen molar-refractivity contribution in [3.05, 3.63) is 70.7 Å². The molecule has 0 spiro atoms. The van der Waals surface area contributed by atoms with Crippen molar-refractivity contribution in [1.29, 1.82) is 0 Å². The molecule has 0 radical (unpaired) electrons. The van der Waals surface area contributed by atoms with E-state index in [-0.39, 0.29) is 5.11 Å². The van der Waals surface area contributed by atoms with Crippen molar-refractivity contribution in [3.8, 4) is 11.5 Å². The van der Waals surface area contributed by atoms with E-state index in [0.29, 0.717) is 28.1 Å². The van der Waals surface area contributed by atoms with Gasteiger partial charge in [0.15, 0.2) is 11.2 Å². The van der Waals surface area contributed by atoms with Gasteiger partial charge in [-0.25, -0.2) is 0 Å². The minimum Gasteiger partial charge on any atom is -0.492 e. The number of fused-ring (bicyclic) bond motifs is 1. The van der Waals surface area contributed by atoms with Crippen LogP contribution in [0, 0.1) is 0 Å². The lowest BCUT2D eigenvalue weighted by atomic mass is 10.1. The summed E-state index contributed by atoms with van der Waals surface area (Å²) in [5.74, 6) is 0.392. The Hall–Kier alpha value is -3.17. The average Bonchev–Trinajstić information content (AvgIpc) is 2.87. The Morgan fingerprint density at radius 3 is 2.50 bits per heavy atom. The van der Waals surface area contributed by atoms with Crippen molar-refractivity contribution >= 4 is 55.8 Å². The van der Waals surface area contributed by atoms with Gasteiger partial charge in [-0.05, 0) is 82.6 Å². The van der Waals surface area contributed by atoms with E-state index >= 15 is 0 Å². The van der Waals surface area contributed by atoms with Gasteiger partial charge in [-0.15, -0.1) is 0 Å². The number of hydrogen-bond donors (Lipinski definition) is 3. The Kier molecular flexibility index (Phi) is 10.5. The number of rotatable bonds is 10. The highest BCUT2D eigenvalue weighted by atomic mass is 79.9. The SMILES string of the molecule is CCCCCCOc1ccc(C(=O)NC(=S)NNC(=O)C(C)Oc2ccc3ccccc3c2)cc1Br. The number of thiocarbonyl (C=S) groups is 1. The Morgan fingerprint density at radius 2 is 1.75 bits per heavy atom. The number of halogens is 1. The zero-order chi connectivity index (χ0) is 25.9. The standard InChI is InChI=1S/C27H30BrN3O4S/c1-3-4-5-8-15-34-24-14-12-21(17-23(24)28)26(33)29-27(36)31-30-25(32)18(2)35-22-13-11-19-9-6-7-10-20(19)16-22/h6-7,9-14,16-18H,3-5,8,15H2,1-2H3,(H,30,32)(H2,29,31,33,36). The summed E-state index contributed by atoms with van der Waals surface area (Å²) in [6, 6.07) is 18.6. The summed E-state index contributed by atoms with van der Waals surface area (Å²) in [7, 11) is 0. The van der Waals surface area contributed by atoms with Gasteiger partial charge in [-0.2, -0.15) is 0 Å². The van der Waals surface area contributed by atoms with Gasteiger partial charge in [0.1, 0.15) is 11.5 Å². The van der Waals surface area contributed by atoms with Gasteiger partial charge < -0.3 is 9.47 Å². The largest absolute Gasteiger partial charge is 0.492 e. The monoisotopic (exact) mass is 571 g/mol. The number of nitrogens with one attached hydrogen (secondary N) is 3. The van der Waals surface area contributed by atoms with Crippen LogP contribution >= 0.6 is 28.1 Å². The smallest absolute Gasteiger partial charge is 0.279 e. The fourth-order valence-corrected chi connectivity index (χ4v) is 4.03. The molecule has 0 fully saturated rings. The lowest BCUT2D eigenvalue weighted by Crippen LogP contribution is -2.51. The van der Waals surface area contributed by atoms with Crippen LogP contribution in [-0.4, -0.2) is 29.6 Å². The Labute approximate surface area is 225 Å². The number of benzene rings is 3. The van der Waals surface area contributed by atoms with Crippen molar-refractivity contribution in [1.82, 2.24) is 16.2 Å². The maximum atomic E-state index is 12.5. The average molecular weight is 573 g/mol. The summed E-state index contributed by atoms with van der Waals surface area (Å²) in [5, 5.41) is 4.60. The first-order valence-electron chi connectivity index (χ1n) is 11.9. The molecular weight excluding hydrogens is 542 g/mol. The van der Waals surface area contributed by atoms with E-state index in [1.807, 2.05) is 42.5 Å². The predicted molar refractivity (Wildman–Crippen MR) is 149 cm³/mol. The number of ether oxygens (including phenoxy) is 2. The number of hydrogen-bond acceptors (Lipinski definition) is 5. The van der Waals surface area contributed by atoms with Crippen LogP contribution in [0.3, 0.4) is 0 Å². The number of carbonyl (C=O) groups is 2. The van der Waals surface area contributed by atoms with Gasteiger partial charge in [0.05, 0.1) is 11.1 Å². The topological polar surface area (TPSA) is 88.7 Å². The molecule has 0 heterocycles. The van der Waals surface area contributed by atoms with Gasteiger partial charge in [-0.1, -0.05) is 56.5 Å². The Balaban J connectivity index is 1.44. The van der Waals surface area contributed by atoms with Crippen LogP contribution in [0.2, 0.25) is 0 Å². The summed E-state index contributed by atoms with van der Waals surface area (Å²) in [6.45, 7) is 4.41. The lowest BCUT2D eigenvalue weighted by Gasteiger charge is -2.16. The van der Waals surface area contributed by atoms with Crippen molar-refractivity contribution in [2.45, 2.75) is 45.6 Å². The molecule has 3 rings (SSSR count). The molecule has 7 nitrogen and oxygen atoms in total. The highest BCUT2D eigenvalue weighted by Gasteiger charge is 2.16. The first-order chi connectivity index (χ1) is 17.4. The fourth-order valence-electron chi connectivity index (χ4n) is 3.39. The minimum atomic E-state index is -0.789. The molecule has 0 aliphatic rings. The first kappa shape index (κ1) is 27.4. The number of carbonyl (C=O) groups excluding carboxylic acids is 2. The van der Waals surface area contributed by atoms with E-state index in [1.54, 1.807) is 25.1 Å². The molecule has 3 aromatic rings. The zero-order valence-electron chi connectivity index (χ0n) is 20.3. The highest BCUT2D eigenvalue weighted by Crippen LogP contribution is 2.26. The maximum absolute atomic E-state index is 12.5. The van der Waals surface area contributed by atoms with Crippen LogP contribution in [0.15, 0.2) is 65.1 Å². The van der Waals surface area contributed by atoms with E-state index in [1.165, 1.54) is 12.8 Å². The molecule has 1 atom stereocenters. The third-order valence-corrected chi connectivity index (χ3v) is 6.20. The van der Waals surface area contributed by atoms with Crippen LogP contribution in [0.1, 0.15) is 49.9 Å². The molecular formula is C27H30BrN3O4S. The Bertz CT molecular complexity index is 1220. The molecule has 190 valence electrons. The van der Waals surface area contributed by atoms with Gasteiger partial charge in [0.25, 0.3) is 11.8 Å². The second-order valence-electron chi connectivity index (χ2n) is 8.22. The number of amides is 2. The Morgan fingerprint density at radius 1 is 0.972 bits per heavy atom. The van der Waals surface area contributed by atoms with Crippen LogP contribution in [0.5, 0.6) is 11.5 Å². The van der Waals surface area contributed by atoms with Gasteiger partial charge >= 0.3 is 0 Å². The third kappa shape index (κ3) is 8.20. The van der Waals surface area contributed by atoms with E-state index in [2.05, 4.69) is 39.0 Å². The van der Waals surface area contributed by atoms with Crippen molar-refractivity contribution in [3.63, 3.8) is 0 Å². The van der Waals surface area contributed by atoms with Crippen molar-refractivity contribution in [2.24, 2.45) is 0 Å². The summed E-state index contributed by atoms with van der Waals surface area (Å²) in [6.07, 6.45) is 3.69. The molecule has 0 aliphatic carbocycles. The molecule has 3 aromatic carbocycles. The lowest BCUT2D eigenvalue weighted by molar-refractivity contribution is -0.127. The molecule has 9 heteroatoms. The maximum Gasteiger partial charge on any atom is 0.279 e. The quantitative estimate of drug-likeness (QED) is 0.165. The molecule has 0 saturated carbocycles. The van der Waals surface area contributed by atoms with E-state index in [0.717, 1.165) is 23.6 Å². The van der Waals surface area contributed by atoms with Gasteiger partial charge in [0.2, 0.25) is 0 Å². The molecule has 0 aromatic heterocycles. The van der Waals surface area contributed by atoms with Crippen LogP contribution < -0.4 is 25.6 Å². The normalized spacial score (nSPS) is 11.4. The van der Waals surface area contributed by atoms with Gasteiger partial charge in [0, 0.05) is 5.56 Å².